The first-order chi connectivity index (χ1) is 13.0. The molecule has 0 spiro atoms. The number of nitrogens with zero attached hydrogens (tertiary/aromatic N) is 2. The van der Waals surface area contributed by atoms with Crippen molar-refractivity contribution in [1.82, 2.24) is 4.98 Å². The molecule has 1 N–H and O–H groups in total. The number of amides is 1. The van der Waals surface area contributed by atoms with Crippen LogP contribution in [0.5, 0.6) is 0 Å². The summed E-state index contributed by atoms with van der Waals surface area (Å²) in [6.07, 6.45) is 2.15. The van der Waals surface area contributed by atoms with Crippen molar-refractivity contribution in [3.63, 3.8) is 0 Å². The Morgan fingerprint density at radius 2 is 1.96 bits per heavy atom. The van der Waals surface area contributed by atoms with Gasteiger partial charge in [-0.05, 0) is 31.0 Å². The number of aryl methyl sites for hydroxylation is 2. The third-order valence-electron chi connectivity index (χ3n) is 4.17. The second kappa shape index (κ2) is 8.09. The molecular weight excluding hydrogens is 362 g/mol. The van der Waals surface area contributed by atoms with E-state index >= 15 is 0 Å². The van der Waals surface area contributed by atoms with Crippen LogP contribution in [0.15, 0.2) is 47.8 Å². The van der Waals surface area contributed by atoms with E-state index in [9.17, 15) is 14.9 Å². The summed E-state index contributed by atoms with van der Waals surface area (Å²) in [6.45, 7) is 3.76. The van der Waals surface area contributed by atoms with Gasteiger partial charge >= 0.3 is 0 Å². The van der Waals surface area contributed by atoms with Gasteiger partial charge in [-0.1, -0.05) is 37.6 Å². The highest BCUT2D eigenvalue weighted by atomic mass is 32.1. The van der Waals surface area contributed by atoms with Crippen LogP contribution in [0.1, 0.15) is 34.8 Å². The third-order valence-corrected chi connectivity index (χ3v) is 4.93. The number of rotatable bonds is 6. The first-order valence-corrected chi connectivity index (χ1v) is 9.47. The van der Waals surface area contributed by atoms with E-state index in [2.05, 4.69) is 29.4 Å². The van der Waals surface area contributed by atoms with Gasteiger partial charge in [0.1, 0.15) is 0 Å². The van der Waals surface area contributed by atoms with Crippen molar-refractivity contribution in [3.8, 4) is 11.3 Å². The zero-order chi connectivity index (χ0) is 19.4. The predicted octanol–water partition coefficient (Wildman–Crippen LogP) is 5.23. The van der Waals surface area contributed by atoms with Gasteiger partial charge in [0.05, 0.1) is 10.6 Å². The minimum absolute atomic E-state index is 0.00500. The zero-order valence-corrected chi connectivity index (χ0v) is 15.9. The van der Waals surface area contributed by atoms with Crippen molar-refractivity contribution in [2.75, 3.05) is 5.32 Å². The van der Waals surface area contributed by atoms with Gasteiger partial charge in [-0.25, -0.2) is 4.98 Å². The summed E-state index contributed by atoms with van der Waals surface area (Å²) in [5.74, 6) is -0.341. The number of nitro benzene ring substituents is 1. The van der Waals surface area contributed by atoms with Gasteiger partial charge in [-0.15, -0.1) is 11.3 Å². The Labute approximate surface area is 161 Å². The van der Waals surface area contributed by atoms with Crippen LogP contribution in [-0.4, -0.2) is 15.8 Å². The summed E-state index contributed by atoms with van der Waals surface area (Å²) in [6, 6.07) is 12.5. The van der Waals surface area contributed by atoms with E-state index in [1.165, 1.54) is 35.1 Å². The quantitative estimate of drug-likeness (QED) is 0.468. The first kappa shape index (κ1) is 18.7. The maximum absolute atomic E-state index is 12.4. The van der Waals surface area contributed by atoms with E-state index in [-0.39, 0.29) is 11.6 Å². The molecule has 0 atom stereocenters. The van der Waals surface area contributed by atoms with Gasteiger partial charge in [0, 0.05) is 28.1 Å². The van der Waals surface area contributed by atoms with Gasteiger partial charge in [-0.3, -0.25) is 20.2 Å². The van der Waals surface area contributed by atoms with Crippen LogP contribution in [-0.2, 0) is 6.42 Å². The van der Waals surface area contributed by atoms with Crippen LogP contribution in [0, 0.1) is 17.0 Å². The molecule has 1 heterocycles. The molecule has 0 aliphatic rings. The number of benzene rings is 2. The molecule has 6 nitrogen and oxygen atoms in total. The summed E-state index contributed by atoms with van der Waals surface area (Å²) < 4.78 is 0. The largest absolute Gasteiger partial charge is 0.298 e. The molecule has 0 saturated heterocycles. The second-order valence-corrected chi connectivity index (χ2v) is 7.06. The van der Waals surface area contributed by atoms with E-state index in [1.807, 2.05) is 17.5 Å². The molecule has 27 heavy (non-hydrogen) atoms. The second-order valence-electron chi connectivity index (χ2n) is 6.20. The Bertz CT molecular complexity index is 980. The van der Waals surface area contributed by atoms with Crippen molar-refractivity contribution in [2.45, 2.75) is 26.7 Å². The number of carbonyl (C=O) groups excluding carboxylic acids is 1. The normalized spacial score (nSPS) is 10.6. The average molecular weight is 381 g/mol. The van der Waals surface area contributed by atoms with Gasteiger partial charge < -0.3 is 0 Å². The van der Waals surface area contributed by atoms with Crippen LogP contribution in [0.4, 0.5) is 10.8 Å². The molecule has 0 fully saturated rings. The molecule has 3 aromatic rings. The smallest absolute Gasteiger partial charge is 0.272 e. The highest BCUT2D eigenvalue weighted by Gasteiger charge is 2.15. The maximum Gasteiger partial charge on any atom is 0.272 e. The molecule has 2 aromatic carbocycles. The molecule has 0 bridgehead atoms. The maximum atomic E-state index is 12.4. The zero-order valence-electron chi connectivity index (χ0n) is 15.1. The number of carbonyl (C=O) groups is 1. The molecule has 3 rings (SSSR count). The van der Waals surface area contributed by atoms with E-state index in [0.717, 1.165) is 24.1 Å². The highest BCUT2D eigenvalue weighted by molar-refractivity contribution is 7.14. The molecule has 1 amide bonds. The number of nitrogens with one attached hydrogen (secondary N) is 1. The Morgan fingerprint density at radius 3 is 2.59 bits per heavy atom. The topological polar surface area (TPSA) is 85.1 Å². The van der Waals surface area contributed by atoms with Crippen LogP contribution < -0.4 is 5.32 Å². The Morgan fingerprint density at radius 1 is 1.22 bits per heavy atom. The molecule has 0 aliphatic carbocycles. The minimum Gasteiger partial charge on any atom is -0.298 e. The van der Waals surface area contributed by atoms with Crippen LogP contribution in [0.3, 0.4) is 0 Å². The van der Waals surface area contributed by atoms with E-state index in [4.69, 9.17) is 0 Å². The van der Waals surface area contributed by atoms with Crippen LogP contribution in [0.25, 0.3) is 11.3 Å². The molecule has 1 aromatic heterocycles. The van der Waals surface area contributed by atoms with Crippen molar-refractivity contribution >= 4 is 28.1 Å². The van der Waals surface area contributed by atoms with Crippen molar-refractivity contribution < 1.29 is 9.72 Å². The van der Waals surface area contributed by atoms with Gasteiger partial charge in [0.2, 0.25) is 0 Å². The van der Waals surface area contributed by atoms with Crippen LogP contribution >= 0.6 is 11.3 Å². The molecule has 0 saturated carbocycles. The third kappa shape index (κ3) is 4.38. The van der Waals surface area contributed by atoms with E-state index in [0.29, 0.717) is 16.3 Å². The van der Waals surface area contributed by atoms with Gasteiger partial charge in [0.25, 0.3) is 11.6 Å². The molecule has 7 heteroatoms. The monoisotopic (exact) mass is 381 g/mol. The summed E-state index contributed by atoms with van der Waals surface area (Å²) in [7, 11) is 0. The molecule has 0 radical (unpaired) electrons. The summed E-state index contributed by atoms with van der Waals surface area (Å²) in [5, 5.41) is 16.0. The van der Waals surface area contributed by atoms with E-state index < -0.39 is 4.92 Å². The fraction of sp³-hybridized carbons (Fsp3) is 0.200. The van der Waals surface area contributed by atoms with Crippen molar-refractivity contribution in [1.29, 1.82) is 0 Å². The average Bonchev–Trinajstić information content (AvgIpc) is 3.10. The van der Waals surface area contributed by atoms with Gasteiger partial charge in [-0.2, -0.15) is 0 Å². The minimum atomic E-state index is -0.462. The molecular formula is C20H19N3O3S. The lowest BCUT2D eigenvalue weighted by Crippen LogP contribution is -2.12. The molecule has 0 aliphatic heterocycles. The summed E-state index contributed by atoms with van der Waals surface area (Å²) in [4.78, 5) is 27.3. The number of aromatic nitrogens is 1. The fourth-order valence-electron chi connectivity index (χ4n) is 2.77. The number of anilines is 1. The fourth-order valence-corrected chi connectivity index (χ4v) is 3.48. The SMILES string of the molecule is CCCc1ccc(-c2csc(NC(=O)c3ccc([N+](=O)[O-])c(C)c3)n2)cc1. The number of hydrogen-bond donors (Lipinski definition) is 1. The summed E-state index contributed by atoms with van der Waals surface area (Å²) in [5.41, 5.74) is 3.89. The summed E-state index contributed by atoms with van der Waals surface area (Å²) >= 11 is 1.34. The molecule has 138 valence electrons. The Balaban J connectivity index is 1.72. The lowest BCUT2D eigenvalue weighted by molar-refractivity contribution is -0.385. The highest BCUT2D eigenvalue weighted by Crippen LogP contribution is 2.26. The Kier molecular flexibility index (Phi) is 5.61. The number of thiazole rings is 1. The van der Waals surface area contributed by atoms with Crippen molar-refractivity contribution in [3.05, 3.63) is 74.6 Å². The first-order valence-electron chi connectivity index (χ1n) is 8.59. The van der Waals surface area contributed by atoms with Crippen molar-refractivity contribution in [2.24, 2.45) is 0 Å². The predicted molar refractivity (Wildman–Crippen MR) is 107 cm³/mol. The van der Waals surface area contributed by atoms with Gasteiger partial charge in [0.15, 0.2) is 5.13 Å². The lowest BCUT2D eigenvalue weighted by Gasteiger charge is -2.04. The Hall–Kier alpha value is -3.06. The van der Waals surface area contributed by atoms with Crippen LogP contribution in [0.2, 0.25) is 0 Å². The van der Waals surface area contributed by atoms with E-state index in [1.54, 1.807) is 6.92 Å². The lowest BCUT2D eigenvalue weighted by atomic mass is 10.1. The number of hydrogen-bond acceptors (Lipinski definition) is 5. The molecule has 0 unspecified atom stereocenters. The standard InChI is InChI=1S/C20H19N3O3S/c1-3-4-14-5-7-15(8-6-14)17-12-27-20(21-17)22-19(24)16-9-10-18(23(25)26)13(2)11-16/h5-12H,3-4H2,1-2H3,(H,21,22,24). The number of nitro groups is 1.